The molecule has 0 unspecified atom stereocenters. The van der Waals surface area contributed by atoms with Crippen LogP contribution in [0, 0.1) is 7.43 Å². The molecule has 0 aliphatic carbocycles. The molecule has 0 N–H and O–H groups in total. The van der Waals surface area contributed by atoms with Crippen LogP contribution in [0.5, 0.6) is 0 Å². The van der Waals surface area contributed by atoms with Crippen molar-refractivity contribution in [3.8, 4) is 0 Å². The van der Waals surface area contributed by atoms with Gasteiger partial charge < -0.3 is 7.43 Å². The number of hydrogen-bond donors (Lipinski definition) is 0. The minimum absolute atomic E-state index is 0. The second-order valence-corrected chi connectivity index (χ2v) is 9.42. The summed E-state index contributed by atoms with van der Waals surface area (Å²) in [4.78, 5) is 0. The Labute approximate surface area is 157 Å². The molecule has 0 aliphatic heterocycles. The predicted molar refractivity (Wildman–Crippen MR) is 118 cm³/mol. The maximum Gasteiger partial charge on any atom is 0.144 e. The SMILES string of the molecule is [CH3-].c1ccc([P+](c2ccccc2)(c2ccccc2)c2ccccc2)cc1. The summed E-state index contributed by atoms with van der Waals surface area (Å²) in [6, 6.07) is 43.8. The highest BCUT2D eigenvalue weighted by Crippen LogP contribution is 2.53. The largest absolute Gasteiger partial charge is 0.358 e. The van der Waals surface area contributed by atoms with Crippen molar-refractivity contribution in [2.45, 2.75) is 0 Å². The van der Waals surface area contributed by atoms with Crippen molar-refractivity contribution in [1.82, 2.24) is 0 Å². The van der Waals surface area contributed by atoms with Gasteiger partial charge in [0.2, 0.25) is 0 Å². The minimum atomic E-state index is -1.91. The normalized spacial score (nSPS) is 10.8. The summed E-state index contributed by atoms with van der Waals surface area (Å²) < 4.78 is 0. The first-order valence-corrected chi connectivity index (χ1v) is 10.3. The lowest BCUT2D eigenvalue weighted by atomic mass is 10.3. The predicted octanol–water partition coefficient (Wildman–Crippen LogP) is 4.76. The van der Waals surface area contributed by atoms with E-state index in [0.717, 1.165) is 0 Å². The Morgan fingerprint density at radius 2 is 0.500 bits per heavy atom. The van der Waals surface area contributed by atoms with E-state index in [2.05, 4.69) is 121 Å². The summed E-state index contributed by atoms with van der Waals surface area (Å²) in [5.74, 6) is 0. The molecule has 0 fully saturated rings. The van der Waals surface area contributed by atoms with Crippen molar-refractivity contribution in [3.05, 3.63) is 129 Å². The zero-order valence-electron chi connectivity index (χ0n) is 15.0. The molecule has 4 aromatic rings. The van der Waals surface area contributed by atoms with Crippen molar-refractivity contribution < 1.29 is 0 Å². The monoisotopic (exact) mass is 354 g/mol. The molecule has 4 aromatic carbocycles. The molecule has 0 aromatic heterocycles. The smallest absolute Gasteiger partial charge is 0.144 e. The molecule has 0 heterocycles. The van der Waals surface area contributed by atoms with Crippen molar-refractivity contribution in [2.24, 2.45) is 0 Å². The van der Waals surface area contributed by atoms with E-state index in [9.17, 15) is 0 Å². The molecule has 0 saturated heterocycles. The molecule has 0 bridgehead atoms. The van der Waals surface area contributed by atoms with Crippen molar-refractivity contribution in [3.63, 3.8) is 0 Å². The lowest BCUT2D eigenvalue weighted by Crippen LogP contribution is -2.38. The molecule has 0 saturated carbocycles. The van der Waals surface area contributed by atoms with Crippen LogP contribution in [0.15, 0.2) is 121 Å². The van der Waals surface area contributed by atoms with Crippen LogP contribution in [0.25, 0.3) is 0 Å². The van der Waals surface area contributed by atoms with Crippen LogP contribution in [-0.4, -0.2) is 0 Å². The Morgan fingerprint density at radius 3 is 0.692 bits per heavy atom. The van der Waals surface area contributed by atoms with Gasteiger partial charge in [0.1, 0.15) is 28.5 Å². The van der Waals surface area contributed by atoms with Crippen LogP contribution in [-0.2, 0) is 0 Å². The third kappa shape index (κ3) is 3.09. The van der Waals surface area contributed by atoms with Crippen LogP contribution in [0.1, 0.15) is 0 Å². The first-order valence-electron chi connectivity index (χ1n) is 8.54. The zero-order valence-corrected chi connectivity index (χ0v) is 15.9. The van der Waals surface area contributed by atoms with Crippen LogP contribution >= 0.6 is 7.26 Å². The summed E-state index contributed by atoms with van der Waals surface area (Å²) in [6.45, 7) is 0. The van der Waals surface area contributed by atoms with Gasteiger partial charge in [-0.25, -0.2) is 0 Å². The van der Waals surface area contributed by atoms with Crippen LogP contribution < -0.4 is 21.2 Å². The fourth-order valence-electron chi connectivity index (χ4n) is 3.50. The Balaban J connectivity index is 0.00000196. The summed E-state index contributed by atoms with van der Waals surface area (Å²) in [5.41, 5.74) is 0. The van der Waals surface area contributed by atoms with Crippen molar-refractivity contribution in [2.75, 3.05) is 0 Å². The lowest BCUT2D eigenvalue weighted by molar-refractivity contribution is 1.71. The van der Waals surface area contributed by atoms with Gasteiger partial charge in [-0.05, 0) is 48.5 Å². The van der Waals surface area contributed by atoms with Gasteiger partial charge in [0.15, 0.2) is 0 Å². The third-order valence-corrected chi connectivity index (χ3v) is 8.86. The van der Waals surface area contributed by atoms with Gasteiger partial charge in [0.25, 0.3) is 0 Å². The summed E-state index contributed by atoms with van der Waals surface area (Å²) in [5, 5.41) is 5.55. The fourth-order valence-corrected chi connectivity index (χ4v) is 7.77. The van der Waals surface area contributed by atoms with Crippen LogP contribution in [0.4, 0.5) is 0 Å². The maximum atomic E-state index is 2.28. The number of hydrogen-bond acceptors (Lipinski definition) is 0. The lowest BCUT2D eigenvalue weighted by Gasteiger charge is -2.27. The van der Waals surface area contributed by atoms with Crippen molar-refractivity contribution >= 4 is 28.5 Å². The van der Waals surface area contributed by atoms with E-state index in [0.29, 0.717) is 0 Å². The van der Waals surface area contributed by atoms with Gasteiger partial charge in [0.05, 0.1) is 0 Å². The highest BCUT2D eigenvalue weighted by molar-refractivity contribution is 8.01. The average Bonchev–Trinajstić information content (AvgIpc) is 2.72. The molecule has 0 atom stereocenters. The summed E-state index contributed by atoms with van der Waals surface area (Å²) in [7, 11) is -1.91. The van der Waals surface area contributed by atoms with E-state index >= 15 is 0 Å². The maximum absolute atomic E-state index is 2.28. The summed E-state index contributed by atoms with van der Waals surface area (Å²) >= 11 is 0. The fraction of sp³-hybridized carbons (Fsp3) is 0. The first-order chi connectivity index (χ1) is 12.4. The topological polar surface area (TPSA) is 0 Å². The van der Waals surface area contributed by atoms with Gasteiger partial charge in [-0.1, -0.05) is 72.8 Å². The van der Waals surface area contributed by atoms with Gasteiger partial charge >= 0.3 is 0 Å². The van der Waals surface area contributed by atoms with E-state index in [1.807, 2.05) is 0 Å². The van der Waals surface area contributed by atoms with Gasteiger partial charge in [0, 0.05) is 0 Å². The third-order valence-electron chi connectivity index (χ3n) is 4.57. The Hall–Kier alpha value is -2.69. The highest BCUT2D eigenvalue weighted by atomic mass is 31.2. The molecule has 0 spiro atoms. The first kappa shape index (κ1) is 18.1. The quantitative estimate of drug-likeness (QED) is 0.366. The molecule has 4 rings (SSSR count). The molecule has 0 radical (unpaired) electrons. The second kappa shape index (κ2) is 8.13. The van der Waals surface area contributed by atoms with Crippen molar-refractivity contribution in [1.29, 1.82) is 0 Å². The molecule has 0 aliphatic rings. The molecule has 0 amide bonds. The van der Waals surface area contributed by atoms with Crippen LogP contribution in [0.2, 0.25) is 0 Å². The molecule has 128 valence electrons. The van der Waals surface area contributed by atoms with Gasteiger partial charge in [-0.2, -0.15) is 0 Å². The average molecular weight is 354 g/mol. The molecule has 0 nitrogen and oxygen atoms in total. The van der Waals surface area contributed by atoms with E-state index in [1.165, 1.54) is 21.2 Å². The second-order valence-electron chi connectivity index (χ2n) is 6.01. The molecule has 26 heavy (non-hydrogen) atoms. The number of benzene rings is 4. The highest BCUT2D eigenvalue weighted by Gasteiger charge is 2.47. The van der Waals surface area contributed by atoms with Gasteiger partial charge in [-0.3, -0.25) is 0 Å². The Kier molecular flexibility index (Phi) is 5.66. The Morgan fingerprint density at radius 1 is 0.308 bits per heavy atom. The van der Waals surface area contributed by atoms with E-state index in [1.54, 1.807) is 0 Å². The van der Waals surface area contributed by atoms with E-state index in [-0.39, 0.29) is 7.43 Å². The summed E-state index contributed by atoms with van der Waals surface area (Å²) in [6.07, 6.45) is 0. The number of rotatable bonds is 4. The van der Waals surface area contributed by atoms with E-state index < -0.39 is 7.26 Å². The molecular formula is C25H23P. The standard InChI is InChI=1S/C24H20P.CH3/c1-5-13-21(14-6-1)25(22-15-7-2-8-16-22,23-17-9-3-10-18-23)24-19-11-4-12-20-24;/h1-20H;1H3/q+1;-1. The Bertz CT molecular complexity index is 753. The molecule has 1 heteroatoms. The van der Waals surface area contributed by atoms with Gasteiger partial charge in [-0.15, -0.1) is 0 Å². The molecular weight excluding hydrogens is 331 g/mol. The van der Waals surface area contributed by atoms with Crippen LogP contribution in [0.3, 0.4) is 0 Å². The van der Waals surface area contributed by atoms with E-state index in [4.69, 9.17) is 0 Å². The minimum Gasteiger partial charge on any atom is -0.358 e. The zero-order chi connectivity index (χ0) is 17.0.